The summed E-state index contributed by atoms with van der Waals surface area (Å²) in [4.78, 5) is 19.1. The van der Waals surface area contributed by atoms with E-state index in [1.807, 2.05) is 48.3 Å². The van der Waals surface area contributed by atoms with E-state index in [0.717, 1.165) is 16.8 Å². The molecule has 0 aliphatic heterocycles. The smallest absolute Gasteiger partial charge is 0.230 e. The van der Waals surface area contributed by atoms with E-state index in [0.29, 0.717) is 30.6 Å². The van der Waals surface area contributed by atoms with Crippen molar-refractivity contribution in [2.45, 2.75) is 6.54 Å². The van der Waals surface area contributed by atoms with Gasteiger partial charge in [0.2, 0.25) is 5.95 Å². The van der Waals surface area contributed by atoms with Crippen LogP contribution in [0.4, 0.5) is 11.6 Å². The molecule has 8 heteroatoms. The van der Waals surface area contributed by atoms with E-state index in [1.54, 1.807) is 6.20 Å². The molecule has 4 N–H and O–H groups in total. The van der Waals surface area contributed by atoms with Gasteiger partial charge in [0.25, 0.3) is 0 Å². The van der Waals surface area contributed by atoms with Gasteiger partial charge in [-0.1, -0.05) is 24.6 Å². The van der Waals surface area contributed by atoms with E-state index in [2.05, 4.69) is 43.7 Å². The minimum absolute atomic E-state index is 0.137. The van der Waals surface area contributed by atoms with Crippen molar-refractivity contribution in [2.75, 3.05) is 25.5 Å². The van der Waals surface area contributed by atoms with Gasteiger partial charge in [0.15, 0.2) is 5.82 Å². The van der Waals surface area contributed by atoms with Gasteiger partial charge in [0, 0.05) is 24.0 Å². The molecule has 0 aliphatic carbocycles. The quantitative estimate of drug-likeness (QED) is 0.409. The molecule has 3 aromatic rings. The SMILES string of the molecule is C=C(O)CN(C)Cc1cccc(Nc2ncnc(-c3ccnc(C#CCN)c3)n2)c1. The summed E-state index contributed by atoms with van der Waals surface area (Å²) in [7, 11) is 1.92. The second kappa shape index (κ2) is 10.1. The third-order valence-corrected chi connectivity index (χ3v) is 4.00. The Morgan fingerprint density at radius 2 is 2.10 bits per heavy atom. The van der Waals surface area contributed by atoms with E-state index in [-0.39, 0.29) is 12.3 Å². The first-order valence-corrected chi connectivity index (χ1v) is 9.29. The fourth-order valence-corrected chi connectivity index (χ4v) is 2.83. The van der Waals surface area contributed by atoms with Crippen molar-refractivity contribution in [3.05, 3.63) is 72.5 Å². The number of aliphatic hydroxyl groups is 1. The summed E-state index contributed by atoms with van der Waals surface area (Å²) in [6.07, 6.45) is 3.12. The number of pyridine rings is 1. The molecule has 0 fully saturated rings. The third-order valence-electron chi connectivity index (χ3n) is 4.00. The van der Waals surface area contributed by atoms with Gasteiger partial charge in [-0.2, -0.15) is 4.98 Å². The van der Waals surface area contributed by atoms with Crippen molar-refractivity contribution >= 4 is 11.6 Å². The molecule has 0 bridgehead atoms. The second-order valence-electron chi connectivity index (χ2n) is 6.63. The Kier molecular flexibility index (Phi) is 7.05. The zero-order chi connectivity index (χ0) is 21.3. The molecule has 0 saturated heterocycles. The summed E-state index contributed by atoms with van der Waals surface area (Å²) < 4.78 is 0. The summed E-state index contributed by atoms with van der Waals surface area (Å²) in [5, 5.41) is 12.6. The fraction of sp³-hybridized carbons (Fsp3) is 0.182. The molecule has 152 valence electrons. The second-order valence-corrected chi connectivity index (χ2v) is 6.63. The maximum Gasteiger partial charge on any atom is 0.230 e. The highest BCUT2D eigenvalue weighted by molar-refractivity contribution is 5.60. The molecule has 8 nitrogen and oxygen atoms in total. The van der Waals surface area contributed by atoms with Crippen LogP contribution in [-0.4, -0.2) is 50.1 Å². The number of anilines is 2. The Labute approximate surface area is 175 Å². The number of aromatic nitrogens is 4. The summed E-state index contributed by atoms with van der Waals surface area (Å²) in [6, 6.07) is 11.5. The molecule has 0 amide bonds. The molecule has 0 saturated carbocycles. The lowest BCUT2D eigenvalue weighted by Gasteiger charge is -2.16. The van der Waals surface area contributed by atoms with Crippen LogP contribution in [0.25, 0.3) is 11.4 Å². The molecule has 0 radical (unpaired) electrons. The maximum atomic E-state index is 9.34. The van der Waals surface area contributed by atoms with Crippen molar-refractivity contribution in [3.63, 3.8) is 0 Å². The van der Waals surface area contributed by atoms with Gasteiger partial charge in [0.05, 0.1) is 18.8 Å². The molecule has 0 atom stereocenters. The van der Waals surface area contributed by atoms with Crippen molar-refractivity contribution in [2.24, 2.45) is 5.73 Å². The van der Waals surface area contributed by atoms with Gasteiger partial charge >= 0.3 is 0 Å². The normalized spacial score (nSPS) is 10.4. The maximum absolute atomic E-state index is 9.34. The van der Waals surface area contributed by atoms with Crippen LogP contribution >= 0.6 is 0 Å². The average molecular weight is 401 g/mol. The van der Waals surface area contributed by atoms with Crippen LogP contribution in [0.1, 0.15) is 11.3 Å². The number of likely N-dealkylation sites (N-methyl/N-ethyl adjacent to an activating group) is 1. The topological polar surface area (TPSA) is 113 Å². The molecular formula is C22H23N7O. The van der Waals surface area contributed by atoms with Crippen molar-refractivity contribution in [1.29, 1.82) is 0 Å². The molecule has 3 rings (SSSR count). The van der Waals surface area contributed by atoms with E-state index < -0.39 is 0 Å². The third kappa shape index (κ3) is 6.10. The lowest BCUT2D eigenvalue weighted by Crippen LogP contribution is -2.20. The number of nitrogens with two attached hydrogens (primary N) is 1. The van der Waals surface area contributed by atoms with Crippen LogP contribution in [0.5, 0.6) is 0 Å². The average Bonchev–Trinajstić information content (AvgIpc) is 2.72. The summed E-state index contributed by atoms with van der Waals surface area (Å²) in [5.41, 5.74) is 8.74. The zero-order valence-corrected chi connectivity index (χ0v) is 16.7. The van der Waals surface area contributed by atoms with E-state index >= 15 is 0 Å². The monoisotopic (exact) mass is 401 g/mol. The van der Waals surface area contributed by atoms with Crippen molar-refractivity contribution < 1.29 is 5.11 Å². The van der Waals surface area contributed by atoms with E-state index in [9.17, 15) is 5.11 Å². The molecule has 0 aliphatic rings. The predicted molar refractivity (Wildman–Crippen MR) is 117 cm³/mol. The molecule has 2 aromatic heterocycles. The molecule has 30 heavy (non-hydrogen) atoms. The van der Waals surface area contributed by atoms with Gasteiger partial charge in [-0.25, -0.2) is 15.0 Å². The predicted octanol–water partition coefficient (Wildman–Crippen LogP) is 2.49. The Morgan fingerprint density at radius 3 is 2.90 bits per heavy atom. The first kappa shape index (κ1) is 20.9. The van der Waals surface area contributed by atoms with Crippen LogP contribution in [0.2, 0.25) is 0 Å². The number of nitrogens with one attached hydrogen (secondary N) is 1. The molecule has 2 heterocycles. The molecule has 0 spiro atoms. The van der Waals surface area contributed by atoms with Gasteiger partial charge in [-0.15, -0.1) is 0 Å². The van der Waals surface area contributed by atoms with Crippen LogP contribution in [0.3, 0.4) is 0 Å². The van der Waals surface area contributed by atoms with Gasteiger partial charge in [-0.05, 0) is 42.8 Å². The Balaban J connectivity index is 1.76. The Morgan fingerprint density at radius 1 is 1.23 bits per heavy atom. The highest BCUT2D eigenvalue weighted by Crippen LogP contribution is 2.19. The van der Waals surface area contributed by atoms with Crippen LogP contribution in [0, 0.1) is 11.8 Å². The minimum Gasteiger partial charge on any atom is -0.512 e. The van der Waals surface area contributed by atoms with Crippen molar-refractivity contribution in [1.82, 2.24) is 24.8 Å². The summed E-state index contributed by atoms with van der Waals surface area (Å²) >= 11 is 0. The Bertz CT molecular complexity index is 1090. The number of nitrogens with zero attached hydrogens (tertiary/aromatic N) is 5. The number of benzene rings is 1. The summed E-state index contributed by atoms with van der Waals surface area (Å²) in [6.45, 7) is 4.88. The summed E-state index contributed by atoms with van der Waals surface area (Å²) in [5.74, 6) is 6.77. The van der Waals surface area contributed by atoms with Gasteiger partial charge < -0.3 is 16.2 Å². The van der Waals surface area contributed by atoms with Crippen LogP contribution in [0.15, 0.2) is 61.3 Å². The molecule has 0 unspecified atom stereocenters. The zero-order valence-electron chi connectivity index (χ0n) is 16.7. The Hall–Kier alpha value is -3.80. The first-order valence-electron chi connectivity index (χ1n) is 9.29. The highest BCUT2D eigenvalue weighted by Gasteiger charge is 2.07. The van der Waals surface area contributed by atoms with Crippen LogP contribution < -0.4 is 11.1 Å². The largest absolute Gasteiger partial charge is 0.512 e. The number of rotatable bonds is 7. The van der Waals surface area contributed by atoms with E-state index in [4.69, 9.17) is 5.73 Å². The highest BCUT2D eigenvalue weighted by atomic mass is 16.3. The van der Waals surface area contributed by atoms with E-state index in [1.165, 1.54) is 6.33 Å². The number of hydrogen-bond donors (Lipinski definition) is 3. The fourth-order valence-electron chi connectivity index (χ4n) is 2.83. The van der Waals surface area contributed by atoms with Gasteiger partial charge in [-0.3, -0.25) is 4.90 Å². The molecule has 1 aromatic carbocycles. The standard InChI is InChI=1S/C22H23N7O/c1-16(30)13-29(2)14-17-5-3-6-20(11-17)27-22-26-15-25-21(28-22)18-8-10-24-19(12-18)7-4-9-23/h3,5-6,8,10-12,15,30H,1,9,13-14,23H2,2H3,(H,25,26,27,28). The van der Waals surface area contributed by atoms with Gasteiger partial charge in [0.1, 0.15) is 12.0 Å². The lowest BCUT2D eigenvalue weighted by atomic mass is 10.2. The molecular weight excluding hydrogens is 378 g/mol. The number of aliphatic hydroxyl groups excluding tert-OH is 1. The van der Waals surface area contributed by atoms with Crippen LogP contribution in [-0.2, 0) is 6.54 Å². The van der Waals surface area contributed by atoms with Crippen molar-refractivity contribution in [3.8, 4) is 23.2 Å². The lowest BCUT2D eigenvalue weighted by molar-refractivity contribution is 0.285. The first-order chi connectivity index (χ1) is 14.5. The number of hydrogen-bond acceptors (Lipinski definition) is 8. The minimum atomic E-state index is 0.137.